The van der Waals surface area contributed by atoms with Crippen molar-refractivity contribution in [2.75, 3.05) is 13.2 Å². The molecule has 0 fully saturated rings. The molecular weight excluding hydrogens is 476 g/mol. The Morgan fingerprint density at radius 3 is 2.44 bits per heavy atom. The zero-order valence-corrected chi connectivity index (χ0v) is 18.8. The molecule has 0 saturated carbocycles. The molecule has 1 heterocycles. The summed E-state index contributed by atoms with van der Waals surface area (Å²) in [7, 11) is 0. The number of hydrogen-bond donors (Lipinski definition) is 0. The average Bonchev–Trinajstić information content (AvgIpc) is 2.81. The SMILES string of the molecule is CCOc1ccccc1Oc1coc2cc(OCC(=O)c3ccc(Br)cc3)ccc2c1=O. The van der Waals surface area contributed by atoms with Gasteiger partial charge < -0.3 is 18.6 Å². The summed E-state index contributed by atoms with van der Waals surface area (Å²) in [5.41, 5.74) is 0.554. The van der Waals surface area contributed by atoms with Crippen molar-refractivity contribution in [3.63, 3.8) is 0 Å². The largest absolute Gasteiger partial charge is 0.490 e. The molecule has 6 nitrogen and oxygen atoms in total. The molecule has 0 unspecified atom stereocenters. The van der Waals surface area contributed by atoms with Crippen LogP contribution in [0.5, 0.6) is 23.0 Å². The summed E-state index contributed by atoms with van der Waals surface area (Å²) in [5.74, 6) is 1.27. The maximum absolute atomic E-state index is 12.9. The minimum atomic E-state index is -0.324. The molecule has 0 amide bonds. The summed E-state index contributed by atoms with van der Waals surface area (Å²) in [6.07, 6.45) is 1.25. The van der Waals surface area contributed by atoms with Crippen LogP contribution in [-0.2, 0) is 0 Å². The van der Waals surface area contributed by atoms with Crippen LogP contribution in [0.2, 0.25) is 0 Å². The topological polar surface area (TPSA) is 75.0 Å². The Morgan fingerprint density at radius 1 is 0.938 bits per heavy atom. The summed E-state index contributed by atoms with van der Waals surface area (Å²) in [6, 6.07) is 18.9. The van der Waals surface area contributed by atoms with Crippen LogP contribution < -0.4 is 19.6 Å². The van der Waals surface area contributed by atoms with E-state index in [2.05, 4.69) is 15.9 Å². The minimum Gasteiger partial charge on any atom is -0.490 e. The number of carbonyl (C=O) groups is 1. The van der Waals surface area contributed by atoms with Crippen molar-refractivity contribution in [3.05, 3.63) is 93.3 Å². The van der Waals surface area contributed by atoms with E-state index >= 15 is 0 Å². The highest BCUT2D eigenvalue weighted by molar-refractivity contribution is 9.10. The van der Waals surface area contributed by atoms with Crippen LogP contribution in [0.3, 0.4) is 0 Å². The Hall–Kier alpha value is -3.58. The second-order valence-corrected chi connectivity index (χ2v) is 7.70. The fourth-order valence-electron chi connectivity index (χ4n) is 3.05. The van der Waals surface area contributed by atoms with Gasteiger partial charge in [0.25, 0.3) is 0 Å². The third-order valence-electron chi connectivity index (χ3n) is 4.62. The van der Waals surface area contributed by atoms with Gasteiger partial charge in [0.2, 0.25) is 11.2 Å². The van der Waals surface area contributed by atoms with Crippen molar-refractivity contribution in [1.82, 2.24) is 0 Å². The molecule has 162 valence electrons. The van der Waals surface area contributed by atoms with Crippen LogP contribution in [0.4, 0.5) is 0 Å². The van der Waals surface area contributed by atoms with Gasteiger partial charge in [-0.3, -0.25) is 9.59 Å². The van der Waals surface area contributed by atoms with Gasteiger partial charge in [-0.05, 0) is 43.3 Å². The number of ketones is 1. The van der Waals surface area contributed by atoms with E-state index in [9.17, 15) is 9.59 Å². The molecule has 3 aromatic carbocycles. The number of ether oxygens (including phenoxy) is 3. The molecule has 0 aliphatic carbocycles. The molecule has 32 heavy (non-hydrogen) atoms. The van der Waals surface area contributed by atoms with Crippen LogP contribution >= 0.6 is 15.9 Å². The quantitative estimate of drug-likeness (QED) is 0.279. The number of carbonyl (C=O) groups excluding carboxylic acids is 1. The summed E-state index contributed by atoms with van der Waals surface area (Å²) >= 11 is 3.34. The molecule has 0 aliphatic rings. The predicted octanol–water partition coefficient (Wildman–Crippen LogP) is 6.01. The zero-order chi connectivity index (χ0) is 22.5. The highest BCUT2D eigenvalue weighted by Crippen LogP contribution is 2.31. The van der Waals surface area contributed by atoms with Crippen molar-refractivity contribution in [1.29, 1.82) is 0 Å². The van der Waals surface area contributed by atoms with Crippen LogP contribution in [0, 0.1) is 0 Å². The fraction of sp³-hybridized carbons (Fsp3) is 0.120. The van der Waals surface area contributed by atoms with E-state index in [-0.39, 0.29) is 23.6 Å². The van der Waals surface area contributed by atoms with E-state index in [1.807, 2.05) is 13.0 Å². The molecule has 0 spiro atoms. The average molecular weight is 495 g/mol. The first kappa shape index (κ1) is 21.6. The highest BCUT2D eigenvalue weighted by atomic mass is 79.9. The molecule has 0 saturated heterocycles. The lowest BCUT2D eigenvalue weighted by Crippen LogP contribution is -2.11. The van der Waals surface area contributed by atoms with Gasteiger partial charge in [-0.1, -0.05) is 40.2 Å². The Morgan fingerprint density at radius 2 is 1.69 bits per heavy atom. The molecule has 0 atom stereocenters. The third-order valence-corrected chi connectivity index (χ3v) is 5.15. The van der Waals surface area contributed by atoms with Crippen molar-refractivity contribution < 1.29 is 23.4 Å². The van der Waals surface area contributed by atoms with E-state index < -0.39 is 0 Å². The first-order valence-electron chi connectivity index (χ1n) is 9.92. The number of halogens is 1. The van der Waals surface area contributed by atoms with Gasteiger partial charge in [-0.25, -0.2) is 0 Å². The number of hydrogen-bond acceptors (Lipinski definition) is 6. The van der Waals surface area contributed by atoms with Gasteiger partial charge >= 0.3 is 0 Å². The normalized spacial score (nSPS) is 10.7. The van der Waals surface area contributed by atoms with Gasteiger partial charge in [-0.15, -0.1) is 0 Å². The van der Waals surface area contributed by atoms with Crippen LogP contribution in [0.25, 0.3) is 11.0 Å². The molecule has 0 radical (unpaired) electrons. The lowest BCUT2D eigenvalue weighted by atomic mass is 10.1. The predicted molar refractivity (Wildman–Crippen MR) is 124 cm³/mol. The van der Waals surface area contributed by atoms with Crippen molar-refractivity contribution in [3.8, 4) is 23.0 Å². The first-order chi connectivity index (χ1) is 15.5. The Balaban J connectivity index is 1.51. The minimum absolute atomic E-state index is 0.0451. The van der Waals surface area contributed by atoms with E-state index in [1.165, 1.54) is 6.26 Å². The lowest BCUT2D eigenvalue weighted by Gasteiger charge is -2.11. The molecular formula is C25H19BrO6. The molecule has 7 heteroatoms. The third kappa shape index (κ3) is 4.84. The number of benzene rings is 3. The Kier molecular flexibility index (Phi) is 6.56. The smallest absolute Gasteiger partial charge is 0.235 e. The van der Waals surface area contributed by atoms with Crippen molar-refractivity contribution in [2.24, 2.45) is 0 Å². The van der Waals surface area contributed by atoms with Crippen LogP contribution in [0.1, 0.15) is 17.3 Å². The lowest BCUT2D eigenvalue weighted by molar-refractivity contribution is 0.0921. The molecule has 0 aliphatic heterocycles. The molecule has 0 bridgehead atoms. The van der Waals surface area contributed by atoms with E-state index in [4.69, 9.17) is 18.6 Å². The number of rotatable bonds is 8. The van der Waals surface area contributed by atoms with Crippen molar-refractivity contribution in [2.45, 2.75) is 6.92 Å². The van der Waals surface area contributed by atoms with E-state index in [1.54, 1.807) is 60.7 Å². The molecule has 4 rings (SSSR count). The van der Waals surface area contributed by atoms with Crippen LogP contribution in [0.15, 0.2) is 86.7 Å². The van der Waals surface area contributed by atoms with E-state index in [0.717, 1.165) is 4.47 Å². The number of para-hydroxylation sites is 2. The summed E-state index contributed by atoms with van der Waals surface area (Å²) in [4.78, 5) is 25.2. The first-order valence-corrected chi connectivity index (χ1v) is 10.7. The Bertz CT molecular complexity index is 1310. The Labute approximate surface area is 192 Å². The summed E-state index contributed by atoms with van der Waals surface area (Å²) < 4.78 is 23.4. The van der Waals surface area contributed by atoms with Crippen molar-refractivity contribution >= 4 is 32.7 Å². The van der Waals surface area contributed by atoms with Gasteiger partial charge in [0.1, 0.15) is 17.6 Å². The van der Waals surface area contributed by atoms with Gasteiger partial charge in [0.05, 0.1) is 12.0 Å². The maximum atomic E-state index is 12.9. The van der Waals surface area contributed by atoms with Gasteiger partial charge in [-0.2, -0.15) is 0 Å². The molecule has 0 N–H and O–H groups in total. The monoisotopic (exact) mass is 494 g/mol. The standard InChI is InChI=1S/C25H19BrO6/c1-2-29-21-5-3-4-6-22(21)32-24-15-31-23-13-18(11-12-19(23)25(24)28)30-14-20(27)16-7-9-17(26)10-8-16/h3-13,15H,2,14H2,1H3. The molecule has 1 aromatic heterocycles. The maximum Gasteiger partial charge on any atom is 0.235 e. The fourth-order valence-corrected chi connectivity index (χ4v) is 3.31. The number of Topliss-reactive ketones (excluding diaryl/α,β-unsaturated/α-hetero) is 1. The number of fused-ring (bicyclic) bond motifs is 1. The summed E-state index contributed by atoms with van der Waals surface area (Å²) in [6.45, 7) is 2.21. The highest BCUT2D eigenvalue weighted by Gasteiger charge is 2.13. The van der Waals surface area contributed by atoms with Gasteiger partial charge in [0.15, 0.2) is 23.9 Å². The second-order valence-electron chi connectivity index (χ2n) is 6.79. The molecule has 4 aromatic rings. The van der Waals surface area contributed by atoms with E-state index in [0.29, 0.717) is 40.4 Å². The van der Waals surface area contributed by atoms with Crippen LogP contribution in [-0.4, -0.2) is 19.0 Å². The second kappa shape index (κ2) is 9.70. The summed E-state index contributed by atoms with van der Waals surface area (Å²) in [5, 5.41) is 0.336. The van der Waals surface area contributed by atoms with Gasteiger partial charge in [0, 0.05) is 16.1 Å². The zero-order valence-electron chi connectivity index (χ0n) is 17.2.